The van der Waals surface area contributed by atoms with Gasteiger partial charge in [0.1, 0.15) is 5.75 Å². The molecule has 1 aromatic rings. The summed E-state index contributed by atoms with van der Waals surface area (Å²) in [7, 11) is 6.91. The zero-order valence-electron chi connectivity index (χ0n) is 11.3. The summed E-state index contributed by atoms with van der Waals surface area (Å²) >= 11 is 0. The Morgan fingerprint density at radius 1 is 1.39 bits per heavy atom. The maximum absolute atomic E-state index is 11.1. The number of methoxy groups -OCH3 is 2. The van der Waals surface area contributed by atoms with Crippen LogP contribution in [0.25, 0.3) is 0 Å². The third-order valence-corrected chi connectivity index (χ3v) is 2.73. The number of alkyl carbamates (subject to hydrolysis) is 1. The molecule has 1 amide bonds. The Hall–Kier alpha value is -1.75. The van der Waals surface area contributed by atoms with Crippen LogP contribution in [0, 0.1) is 0 Å². The Bertz CT molecular complexity index is 394. The van der Waals surface area contributed by atoms with Crippen LogP contribution in [0.3, 0.4) is 0 Å². The van der Waals surface area contributed by atoms with E-state index in [1.807, 2.05) is 43.3 Å². The van der Waals surface area contributed by atoms with Crippen LogP contribution in [0.15, 0.2) is 24.3 Å². The summed E-state index contributed by atoms with van der Waals surface area (Å²) in [5, 5.41) is 2.71. The average Bonchev–Trinajstić information content (AvgIpc) is 2.38. The summed E-state index contributed by atoms with van der Waals surface area (Å²) in [5.41, 5.74) is 1.08. The van der Waals surface area contributed by atoms with Crippen molar-refractivity contribution in [3.63, 3.8) is 0 Å². The van der Waals surface area contributed by atoms with Gasteiger partial charge >= 0.3 is 6.09 Å². The van der Waals surface area contributed by atoms with Crippen LogP contribution in [-0.2, 0) is 4.74 Å². The van der Waals surface area contributed by atoms with Crippen LogP contribution in [-0.4, -0.2) is 45.9 Å². The quantitative estimate of drug-likeness (QED) is 0.865. The molecule has 0 spiro atoms. The van der Waals surface area contributed by atoms with Crippen molar-refractivity contribution in [2.24, 2.45) is 0 Å². The van der Waals surface area contributed by atoms with Gasteiger partial charge in [-0.05, 0) is 31.8 Å². The lowest BCUT2D eigenvalue weighted by Gasteiger charge is -2.25. The minimum absolute atomic E-state index is 0.0687. The van der Waals surface area contributed by atoms with Gasteiger partial charge in [-0.3, -0.25) is 0 Å². The van der Waals surface area contributed by atoms with Crippen LogP contribution in [0.1, 0.15) is 11.6 Å². The highest BCUT2D eigenvalue weighted by molar-refractivity contribution is 5.66. The van der Waals surface area contributed by atoms with Crippen molar-refractivity contribution in [1.29, 1.82) is 0 Å². The largest absolute Gasteiger partial charge is 0.497 e. The van der Waals surface area contributed by atoms with Crippen LogP contribution >= 0.6 is 0 Å². The van der Waals surface area contributed by atoms with Crippen LogP contribution < -0.4 is 10.1 Å². The van der Waals surface area contributed by atoms with E-state index in [0.29, 0.717) is 6.54 Å². The molecule has 0 aliphatic heterocycles. The average molecular weight is 252 g/mol. The van der Waals surface area contributed by atoms with Crippen molar-refractivity contribution in [3.05, 3.63) is 29.8 Å². The lowest BCUT2D eigenvalue weighted by atomic mass is 10.1. The number of hydrogen-bond donors (Lipinski definition) is 1. The summed E-state index contributed by atoms with van der Waals surface area (Å²) in [4.78, 5) is 13.1. The Morgan fingerprint density at radius 3 is 2.67 bits per heavy atom. The molecule has 1 aromatic carbocycles. The number of likely N-dealkylation sites (N-methyl/N-ethyl adjacent to an activating group) is 1. The molecule has 0 heterocycles. The van der Waals surface area contributed by atoms with Gasteiger partial charge in [0.25, 0.3) is 0 Å². The molecular formula is C13H20N2O3. The molecule has 0 bridgehead atoms. The third-order valence-electron chi connectivity index (χ3n) is 2.73. The highest BCUT2D eigenvalue weighted by Gasteiger charge is 2.15. The van der Waals surface area contributed by atoms with E-state index in [0.717, 1.165) is 11.3 Å². The van der Waals surface area contributed by atoms with Gasteiger partial charge in [-0.2, -0.15) is 0 Å². The topological polar surface area (TPSA) is 50.8 Å². The normalized spacial score (nSPS) is 12.1. The molecule has 0 saturated carbocycles. The van der Waals surface area contributed by atoms with Gasteiger partial charge in [0.2, 0.25) is 0 Å². The molecule has 0 aliphatic rings. The summed E-state index contributed by atoms with van der Waals surface area (Å²) in [5.74, 6) is 0.803. The van der Waals surface area contributed by atoms with Gasteiger partial charge in [0.15, 0.2) is 0 Å². The molecular weight excluding hydrogens is 232 g/mol. The summed E-state index contributed by atoms with van der Waals surface area (Å²) in [6, 6.07) is 7.86. The van der Waals surface area contributed by atoms with Crippen molar-refractivity contribution in [2.45, 2.75) is 6.04 Å². The zero-order chi connectivity index (χ0) is 13.5. The second-order valence-electron chi connectivity index (χ2n) is 4.13. The number of nitrogens with zero attached hydrogens (tertiary/aromatic N) is 1. The lowest BCUT2D eigenvalue weighted by molar-refractivity contribution is 0.166. The third kappa shape index (κ3) is 3.92. The second-order valence-corrected chi connectivity index (χ2v) is 4.13. The first kappa shape index (κ1) is 14.3. The maximum Gasteiger partial charge on any atom is 0.406 e. The van der Waals surface area contributed by atoms with E-state index < -0.39 is 6.09 Å². The van der Waals surface area contributed by atoms with Gasteiger partial charge < -0.3 is 19.7 Å². The first-order chi connectivity index (χ1) is 8.58. The predicted octanol–water partition coefficient (Wildman–Crippen LogP) is 1.65. The monoisotopic (exact) mass is 252 g/mol. The Labute approximate surface area is 108 Å². The molecule has 0 aliphatic carbocycles. The van der Waals surface area contributed by atoms with E-state index in [4.69, 9.17) is 4.74 Å². The van der Waals surface area contributed by atoms with Gasteiger partial charge in [0, 0.05) is 6.54 Å². The molecule has 0 fully saturated rings. The van der Waals surface area contributed by atoms with Crippen LogP contribution in [0.5, 0.6) is 5.75 Å². The molecule has 0 aromatic heterocycles. The van der Waals surface area contributed by atoms with Gasteiger partial charge in [0.05, 0.1) is 20.3 Å². The number of amides is 1. The maximum atomic E-state index is 11.1. The molecule has 5 nitrogen and oxygen atoms in total. The number of ether oxygens (including phenoxy) is 2. The smallest absolute Gasteiger partial charge is 0.406 e. The molecule has 100 valence electrons. The lowest BCUT2D eigenvalue weighted by Crippen LogP contribution is -2.34. The SMILES string of the molecule is COC(=O)NCC(c1cccc(OC)c1)N(C)C. The number of nitrogens with one attached hydrogen (secondary N) is 1. The van der Waals surface area contributed by atoms with Gasteiger partial charge in [-0.15, -0.1) is 0 Å². The molecule has 1 atom stereocenters. The van der Waals surface area contributed by atoms with E-state index in [9.17, 15) is 4.79 Å². The highest BCUT2D eigenvalue weighted by Crippen LogP contribution is 2.21. The van der Waals surface area contributed by atoms with Crippen LogP contribution in [0.2, 0.25) is 0 Å². The van der Waals surface area contributed by atoms with Crippen molar-refractivity contribution in [1.82, 2.24) is 10.2 Å². The Morgan fingerprint density at radius 2 is 2.11 bits per heavy atom. The van der Waals surface area contributed by atoms with Crippen molar-refractivity contribution < 1.29 is 14.3 Å². The Kier molecular flexibility index (Phi) is 5.45. The van der Waals surface area contributed by atoms with Crippen molar-refractivity contribution >= 4 is 6.09 Å². The van der Waals surface area contributed by atoms with Gasteiger partial charge in [-0.1, -0.05) is 12.1 Å². The summed E-state index contributed by atoms with van der Waals surface area (Å²) < 4.78 is 9.77. The number of carbonyl (C=O) groups is 1. The highest BCUT2D eigenvalue weighted by atomic mass is 16.5. The minimum atomic E-state index is -0.426. The predicted molar refractivity (Wildman–Crippen MR) is 69.8 cm³/mol. The fourth-order valence-electron chi connectivity index (χ4n) is 1.70. The van der Waals surface area contributed by atoms with E-state index >= 15 is 0 Å². The molecule has 1 N–H and O–H groups in total. The van der Waals surface area contributed by atoms with Crippen molar-refractivity contribution in [3.8, 4) is 5.75 Å². The summed E-state index contributed by atoms with van der Waals surface area (Å²) in [6.45, 7) is 0.479. The number of benzene rings is 1. The Balaban J connectivity index is 2.80. The van der Waals surface area contributed by atoms with E-state index in [2.05, 4.69) is 10.1 Å². The zero-order valence-corrected chi connectivity index (χ0v) is 11.3. The van der Waals surface area contributed by atoms with Gasteiger partial charge in [-0.25, -0.2) is 4.79 Å². The standard InChI is InChI=1S/C13H20N2O3/c1-15(2)12(9-14-13(16)18-4)10-6-5-7-11(8-10)17-3/h5-8,12H,9H2,1-4H3,(H,14,16). The molecule has 5 heteroatoms. The first-order valence-corrected chi connectivity index (χ1v) is 5.70. The van der Waals surface area contributed by atoms with E-state index in [-0.39, 0.29) is 6.04 Å². The number of carbonyl (C=O) groups excluding carboxylic acids is 1. The molecule has 18 heavy (non-hydrogen) atoms. The van der Waals surface area contributed by atoms with Crippen molar-refractivity contribution in [2.75, 3.05) is 34.9 Å². The van der Waals surface area contributed by atoms with E-state index in [1.165, 1.54) is 7.11 Å². The fraction of sp³-hybridized carbons (Fsp3) is 0.462. The number of hydrogen-bond acceptors (Lipinski definition) is 4. The molecule has 0 saturated heterocycles. The minimum Gasteiger partial charge on any atom is -0.497 e. The molecule has 1 rings (SSSR count). The second kappa shape index (κ2) is 6.86. The van der Waals surface area contributed by atoms with Crippen LogP contribution in [0.4, 0.5) is 4.79 Å². The fourth-order valence-corrected chi connectivity index (χ4v) is 1.70. The molecule has 0 radical (unpaired) electrons. The number of rotatable bonds is 5. The summed E-state index contributed by atoms with van der Waals surface area (Å²) in [6.07, 6.45) is -0.426. The first-order valence-electron chi connectivity index (χ1n) is 5.70. The van der Waals surface area contributed by atoms with E-state index in [1.54, 1.807) is 7.11 Å². The molecule has 1 unspecified atom stereocenters.